The van der Waals surface area contributed by atoms with Gasteiger partial charge in [-0.3, -0.25) is 0 Å². The van der Waals surface area contributed by atoms with E-state index in [1.807, 2.05) is 32.9 Å². The molecule has 0 saturated heterocycles. The molecule has 4 heteroatoms. The highest BCUT2D eigenvalue weighted by Gasteiger charge is 2.13. The van der Waals surface area contributed by atoms with Gasteiger partial charge in [-0.25, -0.2) is 14.4 Å². The first kappa shape index (κ1) is 15.4. The maximum absolute atomic E-state index is 14.3. The smallest absolute Gasteiger partial charge is 0.133 e. The van der Waals surface area contributed by atoms with Crippen molar-refractivity contribution in [3.8, 4) is 11.3 Å². The SMILES string of the molecule is CCCNc1cc(-c2c(C)cc(C)cc2F)nc(CC)n1. The number of hydrogen-bond acceptors (Lipinski definition) is 3. The van der Waals surface area contributed by atoms with Gasteiger partial charge in [0.25, 0.3) is 0 Å². The lowest BCUT2D eigenvalue weighted by molar-refractivity contribution is 0.628. The molecular formula is C17H22FN3. The van der Waals surface area contributed by atoms with E-state index in [1.54, 1.807) is 6.07 Å². The zero-order valence-electron chi connectivity index (χ0n) is 13.1. The third-order valence-electron chi connectivity index (χ3n) is 3.33. The summed E-state index contributed by atoms with van der Waals surface area (Å²) in [4.78, 5) is 8.94. The highest BCUT2D eigenvalue weighted by Crippen LogP contribution is 2.27. The average Bonchev–Trinajstić information content (AvgIpc) is 2.43. The summed E-state index contributed by atoms with van der Waals surface area (Å²) in [6.45, 7) is 8.75. The van der Waals surface area contributed by atoms with Crippen LogP contribution in [-0.2, 0) is 6.42 Å². The van der Waals surface area contributed by atoms with Crippen LogP contribution in [0.3, 0.4) is 0 Å². The molecule has 0 fully saturated rings. The second-order valence-electron chi connectivity index (χ2n) is 5.27. The molecule has 0 aliphatic carbocycles. The number of nitrogens with one attached hydrogen (secondary N) is 1. The molecule has 112 valence electrons. The Hall–Kier alpha value is -1.97. The molecule has 1 aromatic carbocycles. The van der Waals surface area contributed by atoms with Crippen LogP contribution in [0.25, 0.3) is 11.3 Å². The van der Waals surface area contributed by atoms with Crippen LogP contribution in [0, 0.1) is 19.7 Å². The van der Waals surface area contributed by atoms with Crippen molar-refractivity contribution in [2.75, 3.05) is 11.9 Å². The minimum atomic E-state index is -0.227. The summed E-state index contributed by atoms with van der Waals surface area (Å²) in [6, 6.07) is 5.36. The van der Waals surface area contributed by atoms with E-state index >= 15 is 0 Å². The first-order chi connectivity index (χ1) is 10.0. The Kier molecular flexibility index (Phi) is 4.89. The molecule has 0 radical (unpaired) electrons. The van der Waals surface area contributed by atoms with Crippen LogP contribution < -0.4 is 5.32 Å². The highest BCUT2D eigenvalue weighted by molar-refractivity contribution is 5.67. The van der Waals surface area contributed by atoms with Gasteiger partial charge < -0.3 is 5.32 Å². The largest absolute Gasteiger partial charge is 0.370 e. The molecule has 1 heterocycles. The van der Waals surface area contributed by atoms with Crippen LogP contribution in [0.2, 0.25) is 0 Å². The van der Waals surface area contributed by atoms with Gasteiger partial charge in [0.15, 0.2) is 0 Å². The fraction of sp³-hybridized carbons (Fsp3) is 0.412. The van der Waals surface area contributed by atoms with Gasteiger partial charge in [-0.15, -0.1) is 0 Å². The van der Waals surface area contributed by atoms with Crippen molar-refractivity contribution < 1.29 is 4.39 Å². The van der Waals surface area contributed by atoms with Crippen molar-refractivity contribution in [2.45, 2.75) is 40.5 Å². The third-order valence-corrected chi connectivity index (χ3v) is 3.33. The normalized spacial score (nSPS) is 10.7. The molecule has 0 atom stereocenters. The minimum Gasteiger partial charge on any atom is -0.370 e. The van der Waals surface area contributed by atoms with E-state index in [1.165, 1.54) is 0 Å². The molecule has 0 saturated carbocycles. The van der Waals surface area contributed by atoms with Crippen LogP contribution in [0.5, 0.6) is 0 Å². The third kappa shape index (κ3) is 3.57. The molecule has 21 heavy (non-hydrogen) atoms. The molecule has 0 aliphatic heterocycles. The van der Waals surface area contributed by atoms with E-state index in [4.69, 9.17) is 0 Å². The van der Waals surface area contributed by atoms with Gasteiger partial charge in [0.1, 0.15) is 17.5 Å². The molecule has 1 aromatic heterocycles. The van der Waals surface area contributed by atoms with E-state index in [9.17, 15) is 4.39 Å². The van der Waals surface area contributed by atoms with E-state index in [0.717, 1.165) is 42.2 Å². The number of rotatable bonds is 5. The standard InChI is InChI=1S/C17H22FN3/c1-5-7-19-16-10-14(20-15(6-2)21-16)17-12(4)8-11(3)9-13(17)18/h8-10H,5-7H2,1-4H3,(H,19,20,21). The minimum absolute atomic E-state index is 0.227. The Morgan fingerprint density at radius 2 is 1.86 bits per heavy atom. The van der Waals surface area contributed by atoms with Gasteiger partial charge in [-0.2, -0.15) is 0 Å². The summed E-state index contributed by atoms with van der Waals surface area (Å²) in [5.74, 6) is 1.26. The molecule has 0 bridgehead atoms. The van der Waals surface area contributed by atoms with Gasteiger partial charge in [0, 0.05) is 24.6 Å². The number of halogens is 1. The van der Waals surface area contributed by atoms with Crippen molar-refractivity contribution in [3.63, 3.8) is 0 Å². The number of nitrogens with zero attached hydrogens (tertiary/aromatic N) is 2. The molecule has 2 aromatic rings. The molecule has 1 N–H and O–H groups in total. The average molecular weight is 287 g/mol. The molecule has 2 rings (SSSR count). The Bertz CT molecular complexity index is 615. The van der Waals surface area contributed by atoms with Crippen molar-refractivity contribution >= 4 is 5.82 Å². The van der Waals surface area contributed by atoms with E-state index in [2.05, 4.69) is 22.2 Å². The summed E-state index contributed by atoms with van der Waals surface area (Å²) in [5, 5.41) is 3.26. The monoisotopic (exact) mass is 287 g/mol. The lowest BCUT2D eigenvalue weighted by Crippen LogP contribution is -2.06. The number of benzene rings is 1. The van der Waals surface area contributed by atoms with Crippen molar-refractivity contribution in [1.82, 2.24) is 9.97 Å². The number of anilines is 1. The van der Waals surface area contributed by atoms with E-state index in [0.29, 0.717) is 11.3 Å². The van der Waals surface area contributed by atoms with Crippen molar-refractivity contribution in [1.29, 1.82) is 0 Å². The number of hydrogen-bond donors (Lipinski definition) is 1. The van der Waals surface area contributed by atoms with Gasteiger partial charge in [-0.05, 0) is 37.5 Å². The van der Waals surface area contributed by atoms with Crippen LogP contribution in [0.15, 0.2) is 18.2 Å². The Labute approximate surface area is 125 Å². The van der Waals surface area contributed by atoms with E-state index in [-0.39, 0.29) is 5.82 Å². The quantitative estimate of drug-likeness (QED) is 0.891. The fourth-order valence-corrected chi connectivity index (χ4v) is 2.37. The Morgan fingerprint density at radius 1 is 1.10 bits per heavy atom. The van der Waals surface area contributed by atoms with Gasteiger partial charge >= 0.3 is 0 Å². The fourth-order valence-electron chi connectivity index (χ4n) is 2.37. The first-order valence-electron chi connectivity index (χ1n) is 7.44. The predicted molar refractivity (Wildman–Crippen MR) is 85.1 cm³/mol. The van der Waals surface area contributed by atoms with Gasteiger partial charge in [0.2, 0.25) is 0 Å². The van der Waals surface area contributed by atoms with Gasteiger partial charge in [-0.1, -0.05) is 19.9 Å². The lowest BCUT2D eigenvalue weighted by atomic mass is 10.0. The second-order valence-corrected chi connectivity index (χ2v) is 5.27. The molecular weight excluding hydrogens is 265 g/mol. The second kappa shape index (κ2) is 6.66. The topological polar surface area (TPSA) is 37.8 Å². The zero-order valence-corrected chi connectivity index (χ0v) is 13.1. The predicted octanol–water partition coefficient (Wildman–Crippen LogP) is 4.28. The maximum atomic E-state index is 14.3. The van der Waals surface area contributed by atoms with Crippen LogP contribution in [-0.4, -0.2) is 16.5 Å². The maximum Gasteiger partial charge on any atom is 0.133 e. The van der Waals surface area contributed by atoms with Crippen molar-refractivity contribution in [3.05, 3.63) is 41.0 Å². The van der Waals surface area contributed by atoms with E-state index < -0.39 is 0 Å². The van der Waals surface area contributed by atoms with Crippen LogP contribution >= 0.6 is 0 Å². The molecule has 0 amide bonds. The van der Waals surface area contributed by atoms with Crippen LogP contribution in [0.4, 0.5) is 10.2 Å². The van der Waals surface area contributed by atoms with Gasteiger partial charge in [0.05, 0.1) is 5.69 Å². The Balaban J connectivity index is 2.52. The molecule has 0 unspecified atom stereocenters. The number of aryl methyl sites for hydroxylation is 3. The summed E-state index contributed by atoms with van der Waals surface area (Å²) < 4.78 is 14.3. The van der Waals surface area contributed by atoms with Crippen LogP contribution in [0.1, 0.15) is 37.2 Å². The molecule has 3 nitrogen and oxygen atoms in total. The summed E-state index contributed by atoms with van der Waals surface area (Å²) in [5.41, 5.74) is 3.03. The summed E-state index contributed by atoms with van der Waals surface area (Å²) >= 11 is 0. The first-order valence-corrected chi connectivity index (χ1v) is 7.44. The zero-order chi connectivity index (χ0) is 15.4. The highest BCUT2D eigenvalue weighted by atomic mass is 19.1. The summed E-state index contributed by atoms with van der Waals surface area (Å²) in [7, 11) is 0. The Morgan fingerprint density at radius 3 is 2.48 bits per heavy atom. The number of aromatic nitrogens is 2. The molecule has 0 aliphatic rings. The van der Waals surface area contributed by atoms with Crippen molar-refractivity contribution in [2.24, 2.45) is 0 Å². The summed E-state index contributed by atoms with van der Waals surface area (Å²) in [6.07, 6.45) is 1.74. The molecule has 0 spiro atoms. The lowest BCUT2D eigenvalue weighted by Gasteiger charge is -2.12.